The SMILES string of the molecule is CC(Oc1ccccc1C(C)C)C(=O)NCCOc1ccc(F)cc1. The van der Waals surface area contributed by atoms with Gasteiger partial charge in [-0.25, -0.2) is 4.39 Å². The Morgan fingerprint density at radius 2 is 1.76 bits per heavy atom. The predicted octanol–water partition coefficient (Wildman–Crippen LogP) is 3.91. The van der Waals surface area contributed by atoms with Gasteiger partial charge in [0.15, 0.2) is 6.10 Å². The van der Waals surface area contributed by atoms with Gasteiger partial charge < -0.3 is 14.8 Å². The fourth-order valence-corrected chi connectivity index (χ4v) is 2.33. The van der Waals surface area contributed by atoms with Crippen molar-refractivity contribution < 1.29 is 18.7 Å². The van der Waals surface area contributed by atoms with E-state index >= 15 is 0 Å². The smallest absolute Gasteiger partial charge is 0.260 e. The molecule has 0 radical (unpaired) electrons. The van der Waals surface area contributed by atoms with E-state index in [1.807, 2.05) is 24.3 Å². The number of halogens is 1. The number of rotatable bonds is 8. The highest BCUT2D eigenvalue weighted by molar-refractivity contribution is 5.80. The van der Waals surface area contributed by atoms with Crippen LogP contribution in [0.25, 0.3) is 0 Å². The zero-order chi connectivity index (χ0) is 18.2. The third-order valence-electron chi connectivity index (χ3n) is 3.70. The van der Waals surface area contributed by atoms with Crippen molar-refractivity contribution in [1.82, 2.24) is 5.32 Å². The van der Waals surface area contributed by atoms with Crippen molar-refractivity contribution in [2.75, 3.05) is 13.2 Å². The zero-order valence-electron chi connectivity index (χ0n) is 14.8. The molecule has 1 amide bonds. The molecule has 0 spiro atoms. The standard InChI is InChI=1S/C20H24FNO3/c1-14(2)18-6-4-5-7-19(18)25-15(3)20(23)22-12-13-24-17-10-8-16(21)9-11-17/h4-11,14-15H,12-13H2,1-3H3,(H,22,23). The monoisotopic (exact) mass is 345 g/mol. The summed E-state index contributed by atoms with van der Waals surface area (Å²) < 4.78 is 24.0. The number of hydrogen-bond acceptors (Lipinski definition) is 3. The van der Waals surface area contributed by atoms with Crippen molar-refractivity contribution in [3.05, 3.63) is 59.9 Å². The van der Waals surface area contributed by atoms with Crippen LogP contribution in [0.1, 0.15) is 32.3 Å². The topological polar surface area (TPSA) is 47.6 Å². The van der Waals surface area contributed by atoms with Crippen molar-refractivity contribution in [1.29, 1.82) is 0 Å². The molecule has 1 atom stereocenters. The van der Waals surface area contributed by atoms with Crippen LogP contribution < -0.4 is 14.8 Å². The highest BCUT2D eigenvalue weighted by atomic mass is 19.1. The van der Waals surface area contributed by atoms with Gasteiger partial charge in [-0.05, 0) is 48.7 Å². The van der Waals surface area contributed by atoms with Crippen LogP contribution in [-0.4, -0.2) is 25.2 Å². The molecule has 0 aromatic heterocycles. The van der Waals surface area contributed by atoms with Crippen LogP contribution in [0.3, 0.4) is 0 Å². The Bertz CT molecular complexity index is 686. The largest absolute Gasteiger partial charge is 0.492 e. The Morgan fingerprint density at radius 3 is 2.44 bits per heavy atom. The van der Waals surface area contributed by atoms with E-state index in [1.165, 1.54) is 12.1 Å². The normalized spacial score (nSPS) is 11.9. The Hall–Kier alpha value is -2.56. The molecule has 0 fully saturated rings. The first-order valence-electron chi connectivity index (χ1n) is 8.39. The molecular formula is C20H24FNO3. The van der Waals surface area contributed by atoms with E-state index in [9.17, 15) is 9.18 Å². The molecule has 0 saturated heterocycles. The molecule has 0 saturated carbocycles. The molecule has 5 heteroatoms. The van der Waals surface area contributed by atoms with Crippen LogP contribution in [0, 0.1) is 5.82 Å². The lowest BCUT2D eigenvalue weighted by molar-refractivity contribution is -0.127. The summed E-state index contributed by atoms with van der Waals surface area (Å²) in [5.41, 5.74) is 1.07. The molecule has 2 aromatic rings. The first-order valence-corrected chi connectivity index (χ1v) is 8.39. The van der Waals surface area contributed by atoms with Gasteiger partial charge in [0.05, 0.1) is 6.54 Å². The molecule has 0 aliphatic carbocycles. The molecule has 1 unspecified atom stereocenters. The van der Waals surface area contributed by atoms with Gasteiger partial charge in [0, 0.05) is 0 Å². The summed E-state index contributed by atoms with van der Waals surface area (Å²) in [4.78, 5) is 12.1. The maximum absolute atomic E-state index is 12.8. The van der Waals surface area contributed by atoms with E-state index in [0.717, 1.165) is 11.3 Å². The average molecular weight is 345 g/mol. The first kappa shape index (κ1) is 18.8. The van der Waals surface area contributed by atoms with Crippen LogP contribution >= 0.6 is 0 Å². The Morgan fingerprint density at radius 1 is 1.08 bits per heavy atom. The summed E-state index contributed by atoms with van der Waals surface area (Å²) >= 11 is 0. The summed E-state index contributed by atoms with van der Waals surface area (Å²) in [6.07, 6.45) is -0.606. The first-order chi connectivity index (χ1) is 12.0. The molecule has 4 nitrogen and oxygen atoms in total. The molecule has 0 heterocycles. The van der Waals surface area contributed by atoms with Crippen LogP contribution in [0.15, 0.2) is 48.5 Å². The number of carbonyl (C=O) groups is 1. The Kier molecular flexibility index (Phi) is 6.81. The summed E-state index contributed by atoms with van der Waals surface area (Å²) in [7, 11) is 0. The van der Waals surface area contributed by atoms with Gasteiger partial charge in [-0.3, -0.25) is 4.79 Å². The number of nitrogens with one attached hydrogen (secondary N) is 1. The van der Waals surface area contributed by atoms with Crippen LogP contribution in [0.4, 0.5) is 4.39 Å². The minimum absolute atomic E-state index is 0.207. The number of para-hydroxylation sites is 1. The molecule has 134 valence electrons. The molecular weight excluding hydrogens is 321 g/mol. The fourth-order valence-electron chi connectivity index (χ4n) is 2.33. The van der Waals surface area contributed by atoms with Crippen LogP contribution in [0.2, 0.25) is 0 Å². The van der Waals surface area contributed by atoms with Gasteiger partial charge in [-0.2, -0.15) is 0 Å². The second-order valence-corrected chi connectivity index (χ2v) is 6.05. The predicted molar refractivity (Wildman–Crippen MR) is 95.5 cm³/mol. The van der Waals surface area contributed by atoms with E-state index in [-0.39, 0.29) is 11.7 Å². The second-order valence-electron chi connectivity index (χ2n) is 6.05. The Labute approximate surface area is 148 Å². The lowest BCUT2D eigenvalue weighted by Crippen LogP contribution is -2.38. The van der Waals surface area contributed by atoms with Gasteiger partial charge in [-0.1, -0.05) is 32.0 Å². The molecule has 2 aromatic carbocycles. The number of amides is 1. The third-order valence-corrected chi connectivity index (χ3v) is 3.70. The number of hydrogen-bond donors (Lipinski definition) is 1. The Balaban J connectivity index is 1.78. The number of ether oxygens (including phenoxy) is 2. The van der Waals surface area contributed by atoms with Crippen molar-refractivity contribution in [2.24, 2.45) is 0 Å². The van der Waals surface area contributed by atoms with Crippen LogP contribution in [0.5, 0.6) is 11.5 Å². The van der Waals surface area contributed by atoms with Gasteiger partial charge in [0.1, 0.15) is 23.9 Å². The number of benzene rings is 2. The fraction of sp³-hybridized carbons (Fsp3) is 0.350. The molecule has 25 heavy (non-hydrogen) atoms. The van der Waals surface area contributed by atoms with Gasteiger partial charge in [0.25, 0.3) is 5.91 Å². The molecule has 0 aliphatic heterocycles. The maximum atomic E-state index is 12.8. The summed E-state index contributed by atoms with van der Waals surface area (Å²) in [5.74, 6) is 1.08. The highest BCUT2D eigenvalue weighted by Gasteiger charge is 2.16. The van der Waals surface area contributed by atoms with Crippen LogP contribution in [-0.2, 0) is 4.79 Å². The van der Waals surface area contributed by atoms with E-state index in [1.54, 1.807) is 19.1 Å². The van der Waals surface area contributed by atoms with Crippen molar-refractivity contribution >= 4 is 5.91 Å². The van der Waals surface area contributed by atoms with Crippen molar-refractivity contribution in [2.45, 2.75) is 32.8 Å². The van der Waals surface area contributed by atoms with Gasteiger partial charge in [-0.15, -0.1) is 0 Å². The third kappa shape index (κ3) is 5.78. The van der Waals surface area contributed by atoms with Crippen molar-refractivity contribution in [3.8, 4) is 11.5 Å². The van der Waals surface area contributed by atoms with E-state index < -0.39 is 6.10 Å². The molecule has 2 rings (SSSR count). The summed E-state index contributed by atoms with van der Waals surface area (Å²) in [6.45, 7) is 6.52. The van der Waals surface area contributed by atoms with E-state index in [2.05, 4.69) is 19.2 Å². The minimum atomic E-state index is -0.606. The quantitative estimate of drug-likeness (QED) is 0.738. The zero-order valence-corrected chi connectivity index (χ0v) is 14.8. The summed E-state index contributed by atoms with van der Waals surface area (Å²) in [5, 5.41) is 2.77. The summed E-state index contributed by atoms with van der Waals surface area (Å²) in [6, 6.07) is 13.5. The lowest BCUT2D eigenvalue weighted by Gasteiger charge is -2.18. The second kappa shape index (κ2) is 9.06. The van der Waals surface area contributed by atoms with E-state index in [4.69, 9.17) is 9.47 Å². The molecule has 1 N–H and O–H groups in total. The van der Waals surface area contributed by atoms with Gasteiger partial charge in [0.2, 0.25) is 0 Å². The van der Waals surface area contributed by atoms with Gasteiger partial charge >= 0.3 is 0 Å². The van der Waals surface area contributed by atoms with E-state index in [0.29, 0.717) is 24.8 Å². The number of carbonyl (C=O) groups excluding carboxylic acids is 1. The average Bonchev–Trinajstić information content (AvgIpc) is 2.60. The van der Waals surface area contributed by atoms with Crippen molar-refractivity contribution in [3.63, 3.8) is 0 Å². The molecule has 0 aliphatic rings. The molecule has 0 bridgehead atoms. The minimum Gasteiger partial charge on any atom is -0.492 e. The highest BCUT2D eigenvalue weighted by Crippen LogP contribution is 2.26. The lowest BCUT2D eigenvalue weighted by atomic mass is 10.0. The maximum Gasteiger partial charge on any atom is 0.260 e.